The van der Waals surface area contributed by atoms with Crippen molar-refractivity contribution in [2.75, 3.05) is 26.6 Å². The van der Waals surface area contributed by atoms with E-state index in [1.54, 1.807) is 0 Å². The summed E-state index contributed by atoms with van der Waals surface area (Å²) in [5.41, 5.74) is -0.144. The van der Waals surface area contributed by atoms with Crippen molar-refractivity contribution in [3.8, 4) is 17.2 Å². The van der Waals surface area contributed by atoms with Crippen LogP contribution in [0.25, 0.3) is 0 Å². The minimum Gasteiger partial charge on any atom is -0.493 e. The zero-order valence-electron chi connectivity index (χ0n) is 10.1. The van der Waals surface area contributed by atoms with Crippen LogP contribution in [0.4, 0.5) is 5.69 Å². The van der Waals surface area contributed by atoms with Gasteiger partial charge in [-0.3, -0.25) is 4.79 Å². The topological polar surface area (TPSA) is 94.1 Å². The SMILES string of the molecule is COc1cc(C(=O)O)c(NC=O)c(OC)c1OC. The fourth-order valence-corrected chi connectivity index (χ4v) is 1.53. The Morgan fingerprint density at radius 1 is 1.22 bits per heavy atom. The van der Waals surface area contributed by atoms with Crippen molar-refractivity contribution in [1.82, 2.24) is 0 Å². The van der Waals surface area contributed by atoms with E-state index in [9.17, 15) is 9.59 Å². The number of benzene rings is 1. The molecule has 1 aromatic carbocycles. The molecule has 2 N–H and O–H groups in total. The second kappa shape index (κ2) is 5.76. The number of anilines is 1. The van der Waals surface area contributed by atoms with Crippen molar-refractivity contribution in [3.63, 3.8) is 0 Å². The lowest BCUT2D eigenvalue weighted by Crippen LogP contribution is -2.08. The molecule has 1 rings (SSSR count). The number of carboxylic acids is 1. The monoisotopic (exact) mass is 255 g/mol. The third kappa shape index (κ3) is 2.29. The zero-order valence-corrected chi connectivity index (χ0v) is 10.1. The molecule has 0 atom stereocenters. The van der Waals surface area contributed by atoms with Crippen LogP contribution >= 0.6 is 0 Å². The fraction of sp³-hybridized carbons (Fsp3) is 0.273. The summed E-state index contributed by atoms with van der Waals surface area (Å²) < 4.78 is 15.2. The zero-order chi connectivity index (χ0) is 13.7. The van der Waals surface area contributed by atoms with Gasteiger partial charge in [0.1, 0.15) is 5.69 Å². The first-order valence-corrected chi connectivity index (χ1v) is 4.87. The molecular weight excluding hydrogens is 242 g/mol. The van der Waals surface area contributed by atoms with Crippen LogP contribution in [0.5, 0.6) is 17.2 Å². The highest BCUT2D eigenvalue weighted by Gasteiger charge is 2.23. The summed E-state index contributed by atoms with van der Waals surface area (Å²) >= 11 is 0. The van der Waals surface area contributed by atoms with E-state index in [0.717, 1.165) is 0 Å². The molecule has 98 valence electrons. The standard InChI is InChI=1S/C11H13NO6/c1-16-7-4-6(11(14)15)8(12-5-13)10(18-3)9(7)17-2/h4-5H,1-3H3,(H,12,13)(H,14,15). The number of ether oxygens (including phenoxy) is 3. The van der Waals surface area contributed by atoms with Gasteiger partial charge in [-0.1, -0.05) is 0 Å². The largest absolute Gasteiger partial charge is 0.493 e. The second-order valence-corrected chi connectivity index (χ2v) is 3.14. The van der Waals surface area contributed by atoms with Crippen LogP contribution in [0, 0.1) is 0 Å². The third-order valence-corrected chi connectivity index (χ3v) is 2.26. The highest BCUT2D eigenvalue weighted by molar-refractivity contribution is 6.00. The molecule has 0 fully saturated rings. The van der Waals surface area contributed by atoms with E-state index in [4.69, 9.17) is 19.3 Å². The summed E-state index contributed by atoms with van der Waals surface area (Å²) in [4.78, 5) is 21.7. The van der Waals surface area contributed by atoms with E-state index >= 15 is 0 Å². The van der Waals surface area contributed by atoms with E-state index in [1.165, 1.54) is 27.4 Å². The van der Waals surface area contributed by atoms with E-state index in [1.807, 2.05) is 0 Å². The van der Waals surface area contributed by atoms with Crippen molar-refractivity contribution in [2.45, 2.75) is 0 Å². The van der Waals surface area contributed by atoms with Crippen LogP contribution in [0.2, 0.25) is 0 Å². The Morgan fingerprint density at radius 2 is 1.83 bits per heavy atom. The smallest absolute Gasteiger partial charge is 0.338 e. The molecule has 0 heterocycles. The molecule has 7 heteroatoms. The molecule has 0 aliphatic rings. The van der Waals surface area contributed by atoms with Gasteiger partial charge in [-0.2, -0.15) is 0 Å². The normalized spacial score (nSPS) is 9.50. The van der Waals surface area contributed by atoms with Gasteiger partial charge in [-0.15, -0.1) is 0 Å². The number of carboxylic acid groups (broad SMARTS) is 1. The van der Waals surface area contributed by atoms with Crippen molar-refractivity contribution in [2.24, 2.45) is 0 Å². The van der Waals surface area contributed by atoms with E-state index < -0.39 is 5.97 Å². The molecule has 0 aliphatic carbocycles. The Bertz CT molecular complexity index is 471. The average molecular weight is 255 g/mol. The molecule has 0 bridgehead atoms. The lowest BCUT2D eigenvalue weighted by atomic mass is 10.1. The molecule has 0 aromatic heterocycles. The Labute approximate surface area is 103 Å². The minimum absolute atomic E-state index is 0.0117. The highest BCUT2D eigenvalue weighted by Crippen LogP contribution is 2.44. The van der Waals surface area contributed by atoms with Gasteiger partial charge in [0.2, 0.25) is 12.2 Å². The number of carbonyl (C=O) groups is 2. The van der Waals surface area contributed by atoms with Gasteiger partial charge in [-0.05, 0) is 0 Å². The van der Waals surface area contributed by atoms with Gasteiger partial charge in [0.15, 0.2) is 11.5 Å². The van der Waals surface area contributed by atoms with Gasteiger partial charge < -0.3 is 24.6 Å². The molecule has 0 unspecified atom stereocenters. The summed E-state index contributed by atoms with van der Waals surface area (Å²) in [5.74, 6) is -0.738. The third-order valence-electron chi connectivity index (χ3n) is 2.26. The van der Waals surface area contributed by atoms with Crippen LogP contribution in [-0.4, -0.2) is 38.8 Å². The Kier molecular flexibility index (Phi) is 4.36. The lowest BCUT2D eigenvalue weighted by molar-refractivity contribution is -0.105. The Hall–Kier alpha value is -2.44. The van der Waals surface area contributed by atoms with Gasteiger partial charge in [0, 0.05) is 6.07 Å². The number of hydrogen-bond donors (Lipinski definition) is 2. The summed E-state index contributed by atoms with van der Waals surface area (Å²) in [6, 6.07) is 1.25. The van der Waals surface area contributed by atoms with E-state index in [0.29, 0.717) is 6.41 Å². The maximum atomic E-state index is 11.1. The number of amides is 1. The summed E-state index contributed by atoms with van der Waals surface area (Å²) in [6.45, 7) is 0. The Morgan fingerprint density at radius 3 is 2.22 bits per heavy atom. The predicted molar refractivity (Wildman–Crippen MR) is 62.7 cm³/mol. The van der Waals surface area contributed by atoms with E-state index in [2.05, 4.69) is 5.32 Å². The van der Waals surface area contributed by atoms with Crippen LogP contribution < -0.4 is 19.5 Å². The van der Waals surface area contributed by atoms with Gasteiger partial charge in [0.25, 0.3) is 0 Å². The molecule has 0 spiro atoms. The molecule has 0 saturated carbocycles. The number of hydrogen-bond acceptors (Lipinski definition) is 5. The number of carbonyl (C=O) groups excluding carboxylic acids is 1. The number of nitrogens with one attached hydrogen (secondary N) is 1. The first-order valence-electron chi connectivity index (χ1n) is 4.87. The minimum atomic E-state index is -1.22. The number of methoxy groups -OCH3 is 3. The Balaban J connectivity index is 3.62. The van der Waals surface area contributed by atoms with E-state index in [-0.39, 0.29) is 28.5 Å². The quantitative estimate of drug-likeness (QED) is 0.736. The molecule has 1 aromatic rings. The van der Waals surface area contributed by atoms with Crippen molar-refractivity contribution in [1.29, 1.82) is 0 Å². The maximum absolute atomic E-state index is 11.1. The molecule has 0 aliphatic heterocycles. The van der Waals surface area contributed by atoms with Crippen LogP contribution in [0.1, 0.15) is 10.4 Å². The first-order chi connectivity index (χ1) is 8.60. The van der Waals surface area contributed by atoms with Gasteiger partial charge in [-0.25, -0.2) is 4.79 Å². The maximum Gasteiger partial charge on any atom is 0.338 e. The molecule has 7 nitrogen and oxygen atoms in total. The predicted octanol–water partition coefficient (Wildman–Crippen LogP) is 0.979. The van der Waals surface area contributed by atoms with Crippen LogP contribution in [0.3, 0.4) is 0 Å². The van der Waals surface area contributed by atoms with Crippen molar-refractivity contribution < 1.29 is 28.9 Å². The molecule has 1 amide bonds. The second-order valence-electron chi connectivity index (χ2n) is 3.14. The van der Waals surface area contributed by atoms with Gasteiger partial charge in [0.05, 0.1) is 26.9 Å². The average Bonchev–Trinajstić information content (AvgIpc) is 2.37. The summed E-state index contributed by atoms with van der Waals surface area (Å²) in [7, 11) is 4.08. The van der Waals surface area contributed by atoms with Crippen molar-refractivity contribution in [3.05, 3.63) is 11.6 Å². The van der Waals surface area contributed by atoms with Crippen molar-refractivity contribution >= 4 is 18.1 Å². The molecular formula is C11H13NO6. The number of aromatic carboxylic acids is 1. The highest BCUT2D eigenvalue weighted by atomic mass is 16.5. The van der Waals surface area contributed by atoms with Crippen LogP contribution in [0.15, 0.2) is 6.07 Å². The molecule has 18 heavy (non-hydrogen) atoms. The first kappa shape index (κ1) is 13.6. The lowest BCUT2D eigenvalue weighted by Gasteiger charge is -2.17. The number of rotatable bonds is 6. The summed E-state index contributed by atoms with van der Waals surface area (Å²) in [5, 5.41) is 11.4. The molecule has 0 radical (unpaired) electrons. The van der Waals surface area contributed by atoms with Crippen LogP contribution in [-0.2, 0) is 4.79 Å². The molecule has 0 saturated heterocycles. The fourth-order valence-electron chi connectivity index (χ4n) is 1.53. The summed E-state index contributed by atoms with van der Waals surface area (Å²) in [6.07, 6.45) is 0.357. The van der Waals surface area contributed by atoms with Gasteiger partial charge >= 0.3 is 5.97 Å².